The van der Waals surface area contributed by atoms with Gasteiger partial charge in [0.2, 0.25) is 0 Å². The molecule has 1 heterocycles. The predicted octanol–water partition coefficient (Wildman–Crippen LogP) is 3.91. The summed E-state index contributed by atoms with van der Waals surface area (Å²) in [6.45, 7) is 1.98. The third-order valence-electron chi connectivity index (χ3n) is 3.72. The Balaban J connectivity index is 2.18. The van der Waals surface area contributed by atoms with Crippen LogP contribution in [0.15, 0.2) is 65.8 Å². The summed E-state index contributed by atoms with van der Waals surface area (Å²) in [5.74, 6) is 1.69. The van der Waals surface area contributed by atoms with Gasteiger partial charge in [-0.3, -0.25) is 0 Å². The molecule has 4 heteroatoms. The molecule has 0 fully saturated rings. The van der Waals surface area contributed by atoms with Gasteiger partial charge in [0.1, 0.15) is 23.0 Å². The highest BCUT2D eigenvalue weighted by molar-refractivity contribution is 6.12. The number of hydrogen-bond donors (Lipinski definition) is 0. The van der Waals surface area contributed by atoms with Gasteiger partial charge in [0.05, 0.1) is 12.8 Å². The number of hydrogen-bond acceptors (Lipinski definition) is 3. The van der Waals surface area contributed by atoms with E-state index in [-0.39, 0.29) is 0 Å². The summed E-state index contributed by atoms with van der Waals surface area (Å²) in [5.41, 5.74) is 3.49. The van der Waals surface area contributed by atoms with Gasteiger partial charge in [-0.15, -0.1) is 0 Å². The van der Waals surface area contributed by atoms with Crippen molar-refractivity contribution < 1.29 is 4.74 Å². The van der Waals surface area contributed by atoms with Crippen molar-refractivity contribution in [1.82, 2.24) is 9.55 Å². The zero-order valence-electron chi connectivity index (χ0n) is 13.5. The summed E-state index contributed by atoms with van der Waals surface area (Å²) in [7, 11) is 3.64. The molecule has 0 atom stereocenters. The number of imidazole rings is 1. The van der Waals surface area contributed by atoms with E-state index >= 15 is 0 Å². The summed E-state index contributed by atoms with van der Waals surface area (Å²) < 4.78 is 7.41. The lowest BCUT2D eigenvalue weighted by Gasteiger charge is -2.07. The van der Waals surface area contributed by atoms with Crippen molar-refractivity contribution in [2.24, 2.45) is 12.0 Å². The molecule has 0 saturated carbocycles. The van der Waals surface area contributed by atoms with E-state index in [0.29, 0.717) is 0 Å². The Morgan fingerprint density at radius 2 is 1.74 bits per heavy atom. The maximum atomic E-state index is 5.41. The summed E-state index contributed by atoms with van der Waals surface area (Å²) in [4.78, 5) is 9.47. The van der Waals surface area contributed by atoms with Gasteiger partial charge < -0.3 is 9.30 Å². The third kappa shape index (κ3) is 3.16. The van der Waals surface area contributed by atoms with Gasteiger partial charge in [-0.25, -0.2) is 9.98 Å². The number of benzene rings is 2. The van der Waals surface area contributed by atoms with Crippen LogP contribution in [0.1, 0.15) is 17.1 Å². The SMILES string of the molecule is COc1ccccc1N=C(c1ccccc1)c1cn(C)c(C)n1. The second kappa shape index (κ2) is 6.48. The van der Waals surface area contributed by atoms with E-state index in [4.69, 9.17) is 9.73 Å². The van der Waals surface area contributed by atoms with Gasteiger partial charge in [-0.2, -0.15) is 0 Å². The lowest BCUT2D eigenvalue weighted by atomic mass is 10.1. The maximum absolute atomic E-state index is 5.41. The molecule has 0 aliphatic carbocycles. The monoisotopic (exact) mass is 305 g/mol. The number of nitrogens with zero attached hydrogens (tertiary/aromatic N) is 3. The highest BCUT2D eigenvalue weighted by Gasteiger charge is 2.13. The molecule has 0 N–H and O–H groups in total. The molecule has 2 aromatic carbocycles. The number of para-hydroxylation sites is 2. The van der Waals surface area contributed by atoms with Crippen molar-refractivity contribution in [3.63, 3.8) is 0 Å². The molecule has 0 aliphatic rings. The third-order valence-corrected chi connectivity index (χ3v) is 3.72. The van der Waals surface area contributed by atoms with Crippen molar-refractivity contribution in [2.45, 2.75) is 6.92 Å². The zero-order chi connectivity index (χ0) is 16.2. The molecule has 0 radical (unpaired) electrons. The van der Waals surface area contributed by atoms with E-state index in [0.717, 1.165) is 34.2 Å². The molecule has 116 valence electrons. The minimum absolute atomic E-state index is 0.744. The molecule has 0 saturated heterocycles. The molecular formula is C19H19N3O. The molecule has 0 bridgehead atoms. The average molecular weight is 305 g/mol. The van der Waals surface area contributed by atoms with Crippen LogP contribution in [0.25, 0.3) is 0 Å². The summed E-state index contributed by atoms with van der Waals surface area (Å²) in [6, 6.07) is 17.8. The Kier molecular flexibility index (Phi) is 4.24. The average Bonchev–Trinajstić information content (AvgIpc) is 2.92. The van der Waals surface area contributed by atoms with Gasteiger partial charge in [0.25, 0.3) is 0 Å². The summed E-state index contributed by atoms with van der Waals surface area (Å²) >= 11 is 0. The van der Waals surface area contributed by atoms with E-state index in [9.17, 15) is 0 Å². The highest BCUT2D eigenvalue weighted by atomic mass is 16.5. The fourth-order valence-electron chi connectivity index (χ4n) is 2.38. The van der Waals surface area contributed by atoms with E-state index in [1.807, 2.05) is 79.3 Å². The van der Waals surface area contributed by atoms with Gasteiger partial charge in [-0.1, -0.05) is 42.5 Å². The first-order chi connectivity index (χ1) is 11.2. The zero-order valence-corrected chi connectivity index (χ0v) is 13.5. The smallest absolute Gasteiger partial charge is 0.144 e. The molecule has 3 aromatic rings. The van der Waals surface area contributed by atoms with Crippen LogP contribution in [0.2, 0.25) is 0 Å². The standard InChI is InChI=1S/C19H19N3O/c1-14-20-17(13-22(14)2)19(15-9-5-4-6-10-15)21-16-11-7-8-12-18(16)23-3/h4-13H,1-3H3. The number of methoxy groups -OCH3 is 1. The largest absolute Gasteiger partial charge is 0.494 e. The first-order valence-corrected chi connectivity index (χ1v) is 7.46. The molecular weight excluding hydrogens is 286 g/mol. The van der Waals surface area contributed by atoms with Crippen LogP contribution in [0.4, 0.5) is 5.69 Å². The minimum atomic E-state index is 0.744. The molecule has 0 amide bonds. The van der Waals surface area contributed by atoms with Gasteiger partial charge >= 0.3 is 0 Å². The Labute approximate surface area is 136 Å². The van der Waals surface area contributed by atoms with Crippen LogP contribution in [0.5, 0.6) is 5.75 Å². The molecule has 0 aliphatic heterocycles. The number of aliphatic imine (C=N–C) groups is 1. The fraction of sp³-hybridized carbons (Fsp3) is 0.158. The second-order valence-corrected chi connectivity index (χ2v) is 5.28. The maximum Gasteiger partial charge on any atom is 0.144 e. The Bertz CT molecular complexity index is 815. The van der Waals surface area contributed by atoms with Crippen LogP contribution in [-0.2, 0) is 7.05 Å². The van der Waals surface area contributed by atoms with Gasteiger partial charge in [0.15, 0.2) is 0 Å². The Hall–Kier alpha value is -2.88. The lowest BCUT2D eigenvalue weighted by molar-refractivity contribution is 0.416. The van der Waals surface area contributed by atoms with E-state index in [2.05, 4.69) is 4.98 Å². The van der Waals surface area contributed by atoms with Crippen LogP contribution in [-0.4, -0.2) is 22.4 Å². The van der Waals surface area contributed by atoms with E-state index in [1.165, 1.54) is 0 Å². The van der Waals surface area contributed by atoms with Crippen LogP contribution in [0, 0.1) is 6.92 Å². The highest BCUT2D eigenvalue weighted by Crippen LogP contribution is 2.28. The lowest BCUT2D eigenvalue weighted by Crippen LogP contribution is -2.03. The Morgan fingerprint density at radius 3 is 2.39 bits per heavy atom. The van der Waals surface area contributed by atoms with Crippen LogP contribution < -0.4 is 4.74 Å². The van der Waals surface area contributed by atoms with Gasteiger partial charge in [-0.05, 0) is 19.1 Å². The number of aryl methyl sites for hydroxylation is 2. The fourth-order valence-corrected chi connectivity index (χ4v) is 2.38. The van der Waals surface area contributed by atoms with Crippen molar-refractivity contribution in [1.29, 1.82) is 0 Å². The normalized spacial score (nSPS) is 11.5. The van der Waals surface area contributed by atoms with Crippen LogP contribution >= 0.6 is 0 Å². The molecule has 1 aromatic heterocycles. The topological polar surface area (TPSA) is 39.4 Å². The van der Waals surface area contributed by atoms with Crippen molar-refractivity contribution in [2.75, 3.05) is 7.11 Å². The number of rotatable bonds is 4. The van der Waals surface area contributed by atoms with Crippen molar-refractivity contribution in [3.8, 4) is 5.75 Å². The van der Waals surface area contributed by atoms with Crippen LogP contribution in [0.3, 0.4) is 0 Å². The summed E-state index contributed by atoms with van der Waals surface area (Å²) in [5, 5.41) is 0. The Morgan fingerprint density at radius 1 is 1.04 bits per heavy atom. The van der Waals surface area contributed by atoms with E-state index in [1.54, 1.807) is 7.11 Å². The molecule has 0 spiro atoms. The number of ether oxygens (including phenoxy) is 1. The number of aromatic nitrogens is 2. The molecule has 3 rings (SSSR count). The predicted molar refractivity (Wildman–Crippen MR) is 92.7 cm³/mol. The molecule has 23 heavy (non-hydrogen) atoms. The molecule has 0 unspecified atom stereocenters. The van der Waals surface area contributed by atoms with Crippen molar-refractivity contribution >= 4 is 11.4 Å². The van der Waals surface area contributed by atoms with Crippen molar-refractivity contribution in [3.05, 3.63) is 77.9 Å². The quantitative estimate of drug-likeness (QED) is 0.686. The minimum Gasteiger partial charge on any atom is -0.494 e. The first kappa shape index (κ1) is 15.0. The summed E-state index contributed by atoms with van der Waals surface area (Å²) in [6.07, 6.45) is 2.00. The molecule has 4 nitrogen and oxygen atoms in total. The van der Waals surface area contributed by atoms with E-state index < -0.39 is 0 Å². The van der Waals surface area contributed by atoms with Gasteiger partial charge in [0, 0.05) is 18.8 Å². The first-order valence-electron chi connectivity index (χ1n) is 7.46. The second-order valence-electron chi connectivity index (χ2n) is 5.28.